The fraction of sp³-hybridized carbons (Fsp3) is 0.333. The Hall–Kier alpha value is -1.05. The number of hydrogen-bond acceptors (Lipinski definition) is 3. The van der Waals surface area contributed by atoms with Gasteiger partial charge in [-0.25, -0.2) is 0 Å². The lowest BCUT2D eigenvalue weighted by atomic mass is 10.4. The highest BCUT2D eigenvalue weighted by atomic mass is 35.5. The Balaban J connectivity index is 2.93. The predicted molar refractivity (Wildman–Crippen MR) is 39.0 cm³/mol. The maximum atomic E-state index is 8.52. The first-order valence-electron chi connectivity index (χ1n) is 3.02. The second kappa shape index (κ2) is 3.37. The molecule has 0 saturated carbocycles. The molecule has 58 valence electrons. The molecule has 1 aromatic heterocycles. The Morgan fingerprint density at radius 2 is 2.55 bits per heavy atom. The molecule has 0 spiro atoms. The number of nitrogens with zero attached hydrogens (tertiary/aromatic N) is 3. The molecule has 0 atom stereocenters. The Morgan fingerprint density at radius 3 is 3.00 bits per heavy atom. The van der Waals surface area contributed by atoms with Crippen LogP contribution < -0.4 is 0 Å². The molecule has 0 aromatic carbocycles. The number of aliphatic hydroxyl groups is 1. The lowest BCUT2D eigenvalue weighted by Gasteiger charge is -1.97. The molecule has 5 heteroatoms. The van der Waals surface area contributed by atoms with Crippen molar-refractivity contribution < 1.29 is 5.11 Å². The number of aliphatic hydroxyl groups excluding tert-OH is 1. The van der Waals surface area contributed by atoms with Crippen LogP contribution in [0.25, 0.3) is 0 Å². The lowest BCUT2D eigenvalue weighted by Crippen LogP contribution is -2.03. The van der Waals surface area contributed by atoms with Gasteiger partial charge in [-0.1, -0.05) is 11.6 Å². The highest BCUT2D eigenvalue weighted by Crippen LogP contribution is 2.12. The highest BCUT2D eigenvalue weighted by Gasteiger charge is 2.05. The van der Waals surface area contributed by atoms with Crippen molar-refractivity contribution in [2.24, 2.45) is 0 Å². The van der Waals surface area contributed by atoms with Gasteiger partial charge in [-0.2, -0.15) is 10.4 Å². The zero-order valence-corrected chi connectivity index (χ0v) is 6.41. The van der Waals surface area contributed by atoms with Gasteiger partial charge in [0.15, 0.2) is 0 Å². The smallest absolute Gasteiger partial charge is 0.144 e. The highest BCUT2D eigenvalue weighted by molar-refractivity contribution is 6.30. The van der Waals surface area contributed by atoms with E-state index in [4.69, 9.17) is 22.0 Å². The van der Waals surface area contributed by atoms with Crippen LogP contribution in [-0.4, -0.2) is 21.5 Å². The first kappa shape index (κ1) is 8.05. The van der Waals surface area contributed by atoms with Crippen molar-refractivity contribution in [2.75, 3.05) is 6.61 Å². The molecule has 0 aliphatic carbocycles. The molecule has 0 saturated heterocycles. The molecule has 1 aromatic rings. The Morgan fingerprint density at radius 1 is 1.82 bits per heavy atom. The SMILES string of the molecule is N#Cc1cnn(CCO)c1Cl. The molecule has 0 aliphatic rings. The van der Waals surface area contributed by atoms with Gasteiger partial charge < -0.3 is 5.11 Å². The van der Waals surface area contributed by atoms with Crippen LogP contribution in [0.15, 0.2) is 6.20 Å². The van der Waals surface area contributed by atoms with E-state index in [0.29, 0.717) is 12.1 Å². The third-order valence-electron chi connectivity index (χ3n) is 1.21. The molecule has 0 unspecified atom stereocenters. The van der Waals surface area contributed by atoms with E-state index in [1.165, 1.54) is 10.9 Å². The zero-order chi connectivity index (χ0) is 8.27. The van der Waals surface area contributed by atoms with Crippen molar-refractivity contribution in [3.8, 4) is 6.07 Å². The normalized spacial score (nSPS) is 9.55. The van der Waals surface area contributed by atoms with Gasteiger partial charge in [0, 0.05) is 0 Å². The van der Waals surface area contributed by atoms with E-state index < -0.39 is 0 Å². The molecule has 1 rings (SSSR count). The van der Waals surface area contributed by atoms with E-state index in [1.54, 1.807) is 0 Å². The van der Waals surface area contributed by atoms with Crippen molar-refractivity contribution >= 4 is 11.6 Å². The Bertz CT molecular complexity index is 289. The van der Waals surface area contributed by atoms with Crippen LogP contribution in [0, 0.1) is 11.3 Å². The van der Waals surface area contributed by atoms with Crippen molar-refractivity contribution in [3.63, 3.8) is 0 Å². The van der Waals surface area contributed by atoms with E-state index in [-0.39, 0.29) is 11.8 Å². The van der Waals surface area contributed by atoms with E-state index in [0.717, 1.165) is 0 Å². The number of halogens is 1. The van der Waals surface area contributed by atoms with Crippen LogP contribution in [0.4, 0.5) is 0 Å². The first-order chi connectivity index (χ1) is 5.29. The maximum Gasteiger partial charge on any atom is 0.144 e. The maximum absolute atomic E-state index is 8.52. The van der Waals surface area contributed by atoms with Crippen molar-refractivity contribution in [3.05, 3.63) is 16.9 Å². The van der Waals surface area contributed by atoms with E-state index >= 15 is 0 Å². The van der Waals surface area contributed by atoms with E-state index in [9.17, 15) is 0 Å². The molecule has 1 heterocycles. The molecule has 0 bridgehead atoms. The summed E-state index contributed by atoms with van der Waals surface area (Å²) in [4.78, 5) is 0. The topological polar surface area (TPSA) is 61.8 Å². The van der Waals surface area contributed by atoms with Gasteiger partial charge in [0.05, 0.1) is 19.3 Å². The third-order valence-corrected chi connectivity index (χ3v) is 1.61. The molecule has 4 nitrogen and oxygen atoms in total. The minimum Gasteiger partial charge on any atom is -0.394 e. The Kier molecular flexibility index (Phi) is 2.47. The van der Waals surface area contributed by atoms with Gasteiger partial charge in [-0.15, -0.1) is 0 Å². The van der Waals surface area contributed by atoms with Crippen molar-refractivity contribution in [2.45, 2.75) is 6.54 Å². The standard InChI is InChI=1S/C6H6ClN3O/c7-6-5(3-8)4-9-10(6)1-2-11/h4,11H,1-2H2. The minimum absolute atomic E-state index is 0.0354. The van der Waals surface area contributed by atoms with Crippen LogP contribution in [0.5, 0.6) is 0 Å². The summed E-state index contributed by atoms with van der Waals surface area (Å²) in [6.45, 7) is 0.285. The van der Waals surface area contributed by atoms with Crippen molar-refractivity contribution in [1.29, 1.82) is 5.26 Å². The summed E-state index contributed by atoms with van der Waals surface area (Å²) in [5.41, 5.74) is 0.333. The number of hydrogen-bond donors (Lipinski definition) is 1. The minimum atomic E-state index is -0.0354. The average molecular weight is 172 g/mol. The molecule has 1 N–H and O–H groups in total. The second-order valence-corrected chi connectivity index (χ2v) is 2.27. The average Bonchev–Trinajstić information content (AvgIpc) is 2.34. The zero-order valence-electron chi connectivity index (χ0n) is 5.66. The van der Waals surface area contributed by atoms with Gasteiger partial charge in [-0.3, -0.25) is 4.68 Å². The fourth-order valence-corrected chi connectivity index (χ4v) is 0.915. The van der Waals surface area contributed by atoms with Crippen LogP contribution in [0.3, 0.4) is 0 Å². The fourth-order valence-electron chi connectivity index (χ4n) is 0.696. The summed E-state index contributed by atoms with van der Waals surface area (Å²) in [5, 5.41) is 21.0. The van der Waals surface area contributed by atoms with Gasteiger partial charge in [0.2, 0.25) is 0 Å². The van der Waals surface area contributed by atoms with Gasteiger partial charge in [-0.05, 0) is 0 Å². The molecule has 11 heavy (non-hydrogen) atoms. The lowest BCUT2D eigenvalue weighted by molar-refractivity contribution is 0.269. The largest absolute Gasteiger partial charge is 0.394 e. The summed E-state index contributed by atoms with van der Waals surface area (Å²) in [6.07, 6.45) is 1.37. The molecule has 0 fully saturated rings. The molecule has 0 aliphatic heterocycles. The Labute approximate surface area is 68.6 Å². The number of aromatic nitrogens is 2. The molecular formula is C6H6ClN3O. The van der Waals surface area contributed by atoms with Crippen LogP contribution >= 0.6 is 11.6 Å². The van der Waals surface area contributed by atoms with Crippen molar-refractivity contribution in [1.82, 2.24) is 9.78 Å². The quantitative estimate of drug-likeness (QED) is 0.701. The summed E-state index contributed by atoms with van der Waals surface area (Å²) in [7, 11) is 0. The summed E-state index contributed by atoms with van der Waals surface area (Å²) in [6, 6.07) is 1.88. The summed E-state index contributed by atoms with van der Waals surface area (Å²) >= 11 is 5.67. The third kappa shape index (κ3) is 1.50. The van der Waals surface area contributed by atoms with Crippen LogP contribution in [-0.2, 0) is 6.54 Å². The predicted octanol–water partition coefficient (Wildman–Crippen LogP) is 0.400. The molecule has 0 amide bonds. The number of rotatable bonds is 2. The van der Waals surface area contributed by atoms with E-state index in [1.807, 2.05) is 6.07 Å². The molecular weight excluding hydrogens is 166 g/mol. The van der Waals surface area contributed by atoms with E-state index in [2.05, 4.69) is 5.10 Å². The van der Waals surface area contributed by atoms with Gasteiger partial charge in [0.25, 0.3) is 0 Å². The van der Waals surface area contributed by atoms with Gasteiger partial charge >= 0.3 is 0 Å². The second-order valence-electron chi connectivity index (χ2n) is 1.91. The number of nitriles is 1. The monoisotopic (exact) mass is 171 g/mol. The van der Waals surface area contributed by atoms with Crippen LogP contribution in [0.2, 0.25) is 5.15 Å². The molecule has 0 radical (unpaired) electrons. The summed E-state index contributed by atoms with van der Waals surface area (Å²) < 4.78 is 1.38. The summed E-state index contributed by atoms with van der Waals surface area (Å²) in [5.74, 6) is 0. The van der Waals surface area contributed by atoms with Gasteiger partial charge in [0.1, 0.15) is 16.8 Å². The van der Waals surface area contributed by atoms with Crippen LogP contribution in [0.1, 0.15) is 5.56 Å². The first-order valence-corrected chi connectivity index (χ1v) is 3.39.